The monoisotopic (exact) mass is 662 g/mol. The first-order valence-corrected chi connectivity index (χ1v) is 15.8. The molecule has 0 radical (unpaired) electrons. The van der Waals surface area contributed by atoms with Crippen LogP contribution in [-0.4, -0.2) is 50.0 Å². The first kappa shape index (κ1) is 32.9. The Balaban J connectivity index is 1.42. The summed E-state index contributed by atoms with van der Waals surface area (Å²) in [6.07, 6.45) is 2.03. The first-order valence-electron chi connectivity index (χ1n) is 14.3. The minimum Gasteiger partial charge on any atom is -0.496 e. The molecule has 0 spiro atoms. The highest BCUT2D eigenvalue weighted by atomic mass is 32.2. The quantitative estimate of drug-likeness (QED) is 0.256. The molecule has 244 valence electrons. The van der Waals surface area contributed by atoms with Crippen molar-refractivity contribution < 1.29 is 50.2 Å². The van der Waals surface area contributed by atoms with Gasteiger partial charge < -0.3 is 20.5 Å². The zero-order valence-electron chi connectivity index (χ0n) is 24.9. The van der Waals surface area contributed by atoms with E-state index in [0.717, 1.165) is 30.7 Å². The molecule has 2 amide bonds. The van der Waals surface area contributed by atoms with Gasteiger partial charge in [-0.3, -0.25) is 9.59 Å². The van der Waals surface area contributed by atoms with E-state index in [-0.39, 0.29) is 40.0 Å². The van der Waals surface area contributed by atoms with Gasteiger partial charge in [-0.2, -0.15) is 13.2 Å². The molecule has 14 heteroatoms. The van der Waals surface area contributed by atoms with Gasteiger partial charge in [0.25, 0.3) is 15.7 Å². The number of nitrogens with one attached hydrogen (secondary N) is 2. The van der Waals surface area contributed by atoms with Crippen LogP contribution in [0.1, 0.15) is 51.1 Å². The second-order valence-electron chi connectivity index (χ2n) is 11.6. The van der Waals surface area contributed by atoms with Gasteiger partial charge in [-0.15, -0.1) is 0 Å². The molecule has 0 aliphatic heterocycles. The predicted molar refractivity (Wildman–Crippen MR) is 159 cm³/mol. The lowest BCUT2D eigenvalue weighted by Crippen LogP contribution is -2.48. The minimum absolute atomic E-state index is 0.0245. The highest BCUT2D eigenvalue weighted by molar-refractivity contribution is 7.92. The lowest BCUT2D eigenvalue weighted by atomic mass is 9.83. The van der Waals surface area contributed by atoms with Gasteiger partial charge in [0.15, 0.2) is 0 Å². The van der Waals surface area contributed by atoms with Crippen molar-refractivity contribution in [1.82, 2.24) is 5.32 Å². The number of benzene rings is 3. The highest BCUT2D eigenvalue weighted by Crippen LogP contribution is 2.49. The van der Waals surface area contributed by atoms with Crippen LogP contribution in [0, 0.1) is 37.4 Å². The maximum absolute atomic E-state index is 15.3. The topological polar surface area (TPSA) is 139 Å². The second-order valence-corrected chi connectivity index (χ2v) is 13.6. The molecule has 0 saturated heterocycles. The van der Waals surface area contributed by atoms with Crippen molar-refractivity contribution in [3.8, 4) is 16.9 Å². The lowest BCUT2D eigenvalue weighted by Gasteiger charge is -2.31. The summed E-state index contributed by atoms with van der Waals surface area (Å²) in [6.45, 7) is 3.17. The molecule has 2 aliphatic carbocycles. The van der Waals surface area contributed by atoms with Crippen molar-refractivity contribution in [1.29, 1.82) is 0 Å². The van der Waals surface area contributed by atoms with Gasteiger partial charge in [-0.05, 0) is 85.9 Å². The van der Waals surface area contributed by atoms with Gasteiger partial charge in [0.1, 0.15) is 11.6 Å². The van der Waals surface area contributed by atoms with E-state index in [9.17, 15) is 41.1 Å². The number of halogens is 4. The number of hydrogen-bond donors (Lipinski definition) is 3. The third-order valence-corrected chi connectivity index (χ3v) is 10.3. The van der Waals surface area contributed by atoms with Crippen LogP contribution in [0.15, 0.2) is 53.4 Å². The largest absolute Gasteiger partial charge is 0.501 e. The molecule has 2 aliphatic rings. The number of amides is 2. The maximum Gasteiger partial charge on any atom is 0.501 e. The van der Waals surface area contributed by atoms with Gasteiger partial charge in [0.05, 0.1) is 29.1 Å². The van der Waals surface area contributed by atoms with Gasteiger partial charge in [-0.25, -0.2) is 17.6 Å². The van der Waals surface area contributed by atoms with Crippen molar-refractivity contribution in [2.45, 2.75) is 49.6 Å². The van der Waals surface area contributed by atoms with E-state index in [1.54, 1.807) is 13.8 Å². The fourth-order valence-electron chi connectivity index (χ4n) is 6.78. The molecule has 9 nitrogen and oxygen atoms in total. The number of carbonyl (C=O) groups excluding carboxylic acids is 2. The van der Waals surface area contributed by atoms with Crippen LogP contribution in [0.4, 0.5) is 23.2 Å². The van der Waals surface area contributed by atoms with Crippen LogP contribution in [0.3, 0.4) is 0 Å². The van der Waals surface area contributed by atoms with Crippen molar-refractivity contribution >= 4 is 33.3 Å². The molecule has 3 aromatic rings. The Bertz CT molecular complexity index is 1840. The van der Waals surface area contributed by atoms with Gasteiger partial charge >= 0.3 is 11.5 Å². The van der Waals surface area contributed by atoms with Crippen LogP contribution >= 0.6 is 0 Å². The second kappa shape index (κ2) is 12.0. The van der Waals surface area contributed by atoms with E-state index in [0.29, 0.717) is 29.5 Å². The van der Waals surface area contributed by atoms with E-state index < -0.39 is 55.8 Å². The summed E-state index contributed by atoms with van der Waals surface area (Å²) in [5.74, 6) is -4.13. The molecule has 0 unspecified atom stereocenters. The van der Waals surface area contributed by atoms with Crippen molar-refractivity contribution in [3.63, 3.8) is 0 Å². The van der Waals surface area contributed by atoms with E-state index in [1.165, 1.54) is 31.4 Å². The molecule has 4 atom stereocenters. The Labute approximate surface area is 261 Å². The Morgan fingerprint density at radius 3 is 2.24 bits per heavy atom. The minimum atomic E-state index is -5.64. The SMILES string of the molecule is COc1cc(F)c(-c2cc(C)c(C(=O)O)c(C)c2)cc1C(=O)N[C@@H]1[C@H]2CC[C@H](C2)[C@@H]1C(=O)Nc1cccc(S(=O)(=O)C(F)(F)F)c1. The van der Waals surface area contributed by atoms with Crippen LogP contribution in [0.5, 0.6) is 5.75 Å². The third-order valence-electron chi connectivity index (χ3n) is 8.82. The first-order chi connectivity index (χ1) is 21.5. The number of methoxy groups -OCH3 is 1. The fourth-order valence-corrected chi connectivity index (χ4v) is 7.59. The molecule has 0 aromatic heterocycles. The summed E-state index contributed by atoms with van der Waals surface area (Å²) in [5, 5.41) is 14.9. The molecule has 3 aromatic carbocycles. The van der Waals surface area contributed by atoms with Crippen LogP contribution in [0.25, 0.3) is 11.1 Å². The fraction of sp³-hybridized carbons (Fsp3) is 0.344. The van der Waals surface area contributed by atoms with Crippen molar-refractivity contribution in [2.24, 2.45) is 17.8 Å². The van der Waals surface area contributed by atoms with Crippen LogP contribution in [0.2, 0.25) is 0 Å². The smallest absolute Gasteiger partial charge is 0.496 e. The number of fused-ring (bicyclic) bond motifs is 2. The number of ether oxygens (including phenoxy) is 1. The zero-order chi connectivity index (χ0) is 33.7. The molecule has 46 heavy (non-hydrogen) atoms. The molecule has 2 saturated carbocycles. The van der Waals surface area contributed by atoms with E-state index in [4.69, 9.17) is 4.74 Å². The van der Waals surface area contributed by atoms with E-state index in [1.807, 2.05) is 0 Å². The zero-order valence-corrected chi connectivity index (χ0v) is 25.7. The Morgan fingerprint density at radius 2 is 1.63 bits per heavy atom. The van der Waals surface area contributed by atoms with Crippen LogP contribution in [-0.2, 0) is 14.6 Å². The molecular formula is C32H30F4N2O7S. The summed E-state index contributed by atoms with van der Waals surface area (Å²) >= 11 is 0. The standard InChI is InChI=1S/C32H30F4N2O7S/c1-15-9-19(10-16(2)26(15)31(41)42)22-13-23(25(45-3)14-24(22)33)29(39)38-28-18-8-7-17(11-18)27(28)30(40)37-20-5-4-6-21(12-20)46(43,44)32(34,35)36/h4-6,9-10,12-14,17-18,27-28H,7-8,11H2,1-3H3,(H,37,40)(H,38,39)(H,41,42)/t17-,18+,27+,28-/m1/s1. The van der Waals surface area contributed by atoms with Gasteiger partial charge in [0.2, 0.25) is 5.91 Å². The molecule has 2 bridgehead atoms. The summed E-state index contributed by atoms with van der Waals surface area (Å²) in [4.78, 5) is 37.8. The number of alkyl halides is 3. The number of carboxylic acids is 1. The summed E-state index contributed by atoms with van der Waals surface area (Å²) in [7, 11) is -4.37. The Hall–Kier alpha value is -4.46. The summed E-state index contributed by atoms with van der Waals surface area (Å²) in [6, 6.07) is 8.57. The third kappa shape index (κ3) is 5.93. The summed E-state index contributed by atoms with van der Waals surface area (Å²) < 4.78 is 83.6. The predicted octanol–water partition coefficient (Wildman–Crippen LogP) is 5.89. The number of rotatable bonds is 8. The average Bonchev–Trinajstić information content (AvgIpc) is 3.58. The number of aryl methyl sites for hydroxylation is 2. The highest BCUT2D eigenvalue weighted by Gasteiger charge is 2.52. The Kier molecular flexibility index (Phi) is 8.62. The van der Waals surface area contributed by atoms with Gasteiger partial charge in [-0.1, -0.05) is 18.2 Å². The van der Waals surface area contributed by atoms with E-state index >= 15 is 4.39 Å². The molecule has 5 rings (SSSR count). The van der Waals surface area contributed by atoms with E-state index in [2.05, 4.69) is 10.6 Å². The van der Waals surface area contributed by atoms with Crippen molar-refractivity contribution in [2.75, 3.05) is 12.4 Å². The molecule has 3 N–H and O–H groups in total. The molecule has 0 heterocycles. The van der Waals surface area contributed by atoms with Crippen molar-refractivity contribution in [3.05, 3.63) is 76.6 Å². The number of aromatic carboxylic acids is 1. The number of anilines is 1. The number of sulfone groups is 1. The lowest BCUT2D eigenvalue weighted by molar-refractivity contribution is -0.122. The molecule has 2 fully saturated rings. The van der Waals surface area contributed by atoms with Crippen LogP contribution < -0.4 is 15.4 Å². The normalized spacial score (nSPS) is 20.8. The average molecular weight is 663 g/mol. The maximum atomic E-state index is 15.3. The summed E-state index contributed by atoms with van der Waals surface area (Å²) in [5.41, 5.74) is -4.41. The number of carboxylic acid groups (broad SMARTS) is 1. The number of hydrogen-bond acceptors (Lipinski definition) is 6. The molecular weight excluding hydrogens is 632 g/mol. The van der Waals surface area contributed by atoms with Gasteiger partial charge in [0, 0.05) is 23.4 Å². The Morgan fingerprint density at radius 1 is 0.978 bits per heavy atom. The number of carbonyl (C=O) groups is 3.